The van der Waals surface area contributed by atoms with E-state index in [4.69, 9.17) is 5.73 Å². The molecule has 1 amide bonds. The lowest BCUT2D eigenvalue weighted by molar-refractivity contribution is -0.131. The second-order valence-corrected chi connectivity index (χ2v) is 4.58. The molecule has 0 aromatic carbocycles. The topological polar surface area (TPSA) is 71.2 Å². The predicted molar refractivity (Wildman–Crippen MR) is 72.2 cm³/mol. The van der Waals surface area contributed by atoms with E-state index in [2.05, 4.69) is 10.3 Å². The third kappa shape index (κ3) is 3.35. The SMILES string of the molecule is Nc1cnccc1NCCC(=O)N1CCCCC1. The van der Waals surface area contributed by atoms with Gasteiger partial charge in [-0.15, -0.1) is 0 Å². The number of nitrogens with one attached hydrogen (secondary N) is 1. The average molecular weight is 248 g/mol. The van der Waals surface area contributed by atoms with Crippen LogP contribution >= 0.6 is 0 Å². The Bertz CT molecular complexity index is 402. The van der Waals surface area contributed by atoms with Crippen LogP contribution in [-0.4, -0.2) is 35.4 Å². The zero-order valence-corrected chi connectivity index (χ0v) is 10.6. The summed E-state index contributed by atoms with van der Waals surface area (Å²) in [5.41, 5.74) is 7.22. The van der Waals surface area contributed by atoms with Crippen molar-refractivity contribution in [2.24, 2.45) is 0 Å². The van der Waals surface area contributed by atoms with Crippen molar-refractivity contribution in [2.45, 2.75) is 25.7 Å². The number of rotatable bonds is 4. The lowest BCUT2D eigenvalue weighted by Crippen LogP contribution is -2.36. The second-order valence-electron chi connectivity index (χ2n) is 4.58. The molecule has 1 aliphatic rings. The molecular weight excluding hydrogens is 228 g/mol. The zero-order valence-electron chi connectivity index (χ0n) is 10.6. The van der Waals surface area contributed by atoms with Gasteiger partial charge in [0.25, 0.3) is 0 Å². The Balaban J connectivity index is 1.75. The van der Waals surface area contributed by atoms with Crippen molar-refractivity contribution in [3.63, 3.8) is 0 Å². The number of anilines is 2. The Kier molecular flexibility index (Phi) is 4.39. The minimum absolute atomic E-state index is 0.231. The maximum atomic E-state index is 11.9. The van der Waals surface area contributed by atoms with Crippen molar-refractivity contribution < 1.29 is 4.79 Å². The smallest absolute Gasteiger partial charge is 0.224 e. The second kappa shape index (κ2) is 6.23. The summed E-state index contributed by atoms with van der Waals surface area (Å²) in [6.45, 7) is 2.44. The Labute approximate surface area is 107 Å². The third-order valence-electron chi connectivity index (χ3n) is 3.21. The van der Waals surface area contributed by atoms with Gasteiger partial charge in [0.15, 0.2) is 0 Å². The van der Waals surface area contributed by atoms with E-state index in [9.17, 15) is 4.79 Å². The highest BCUT2D eigenvalue weighted by Gasteiger charge is 2.15. The van der Waals surface area contributed by atoms with Crippen molar-refractivity contribution in [3.05, 3.63) is 18.5 Å². The van der Waals surface area contributed by atoms with E-state index >= 15 is 0 Å². The normalized spacial score (nSPS) is 15.4. The first-order valence-corrected chi connectivity index (χ1v) is 6.48. The van der Waals surface area contributed by atoms with Crippen LogP contribution in [0, 0.1) is 0 Å². The zero-order chi connectivity index (χ0) is 12.8. The molecule has 98 valence electrons. The number of nitrogen functional groups attached to an aromatic ring is 1. The number of aromatic nitrogens is 1. The summed E-state index contributed by atoms with van der Waals surface area (Å²) >= 11 is 0. The monoisotopic (exact) mass is 248 g/mol. The number of amides is 1. The summed E-state index contributed by atoms with van der Waals surface area (Å²) in [5.74, 6) is 0.231. The van der Waals surface area contributed by atoms with Gasteiger partial charge in [0.1, 0.15) is 0 Å². The number of likely N-dealkylation sites (tertiary alicyclic amines) is 1. The molecule has 3 N–H and O–H groups in total. The standard InChI is InChI=1S/C13H20N4O/c14-11-10-15-6-4-12(11)16-7-5-13(18)17-8-2-1-3-9-17/h4,6,10H,1-3,5,7-9,14H2,(H,15,16). The number of nitrogens with two attached hydrogens (primary N) is 1. The molecule has 0 spiro atoms. The fourth-order valence-corrected chi connectivity index (χ4v) is 2.17. The van der Waals surface area contributed by atoms with Crippen LogP contribution in [0.3, 0.4) is 0 Å². The fourth-order valence-electron chi connectivity index (χ4n) is 2.17. The van der Waals surface area contributed by atoms with Crippen molar-refractivity contribution in [1.29, 1.82) is 0 Å². The van der Waals surface area contributed by atoms with E-state index in [1.807, 2.05) is 11.0 Å². The summed E-state index contributed by atoms with van der Waals surface area (Å²) in [7, 11) is 0. The van der Waals surface area contributed by atoms with Crippen molar-refractivity contribution in [1.82, 2.24) is 9.88 Å². The van der Waals surface area contributed by atoms with E-state index in [0.717, 1.165) is 31.6 Å². The Hall–Kier alpha value is -1.78. The summed E-state index contributed by atoms with van der Waals surface area (Å²) < 4.78 is 0. The van der Waals surface area contributed by atoms with Gasteiger partial charge in [-0.3, -0.25) is 9.78 Å². The third-order valence-corrected chi connectivity index (χ3v) is 3.21. The van der Waals surface area contributed by atoms with Gasteiger partial charge in [0.05, 0.1) is 17.6 Å². The molecule has 2 rings (SSSR count). The molecule has 1 fully saturated rings. The first kappa shape index (κ1) is 12.7. The molecule has 5 heteroatoms. The Morgan fingerprint density at radius 1 is 1.39 bits per heavy atom. The molecular formula is C13H20N4O. The van der Waals surface area contributed by atoms with E-state index in [-0.39, 0.29) is 5.91 Å². The largest absolute Gasteiger partial charge is 0.396 e. The van der Waals surface area contributed by atoms with Crippen LogP contribution in [0.2, 0.25) is 0 Å². The van der Waals surface area contributed by atoms with Crippen molar-refractivity contribution >= 4 is 17.3 Å². The molecule has 0 unspecified atom stereocenters. The van der Waals surface area contributed by atoms with Gasteiger partial charge in [-0.25, -0.2) is 0 Å². The average Bonchev–Trinajstić information content (AvgIpc) is 2.42. The molecule has 1 aliphatic heterocycles. The molecule has 0 saturated carbocycles. The van der Waals surface area contributed by atoms with E-state index in [1.54, 1.807) is 12.4 Å². The van der Waals surface area contributed by atoms with Crippen molar-refractivity contribution in [3.8, 4) is 0 Å². The summed E-state index contributed by atoms with van der Waals surface area (Å²) in [5, 5.41) is 3.17. The molecule has 1 aromatic heterocycles. The van der Waals surface area contributed by atoms with Crippen LogP contribution in [-0.2, 0) is 4.79 Å². The molecule has 2 heterocycles. The first-order valence-electron chi connectivity index (χ1n) is 6.48. The van der Waals surface area contributed by atoms with Gasteiger partial charge in [-0.1, -0.05) is 0 Å². The van der Waals surface area contributed by atoms with Gasteiger partial charge in [0, 0.05) is 32.3 Å². The number of hydrogen-bond acceptors (Lipinski definition) is 4. The Morgan fingerprint density at radius 3 is 2.89 bits per heavy atom. The molecule has 0 bridgehead atoms. The van der Waals surface area contributed by atoms with Gasteiger partial charge < -0.3 is 16.0 Å². The number of piperidine rings is 1. The minimum atomic E-state index is 0.231. The number of hydrogen-bond donors (Lipinski definition) is 2. The van der Waals surface area contributed by atoms with Crippen LogP contribution in [0.25, 0.3) is 0 Å². The van der Waals surface area contributed by atoms with Crippen LogP contribution in [0.1, 0.15) is 25.7 Å². The number of carbonyl (C=O) groups excluding carboxylic acids is 1. The number of nitrogens with zero attached hydrogens (tertiary/aromatic N) is 2. The molecule has 0 atom stereocenters. The van der Waals surface area contributed by atoms with Crippen LogP contribution in [0.4, 0.5) is 11.4 Å². The highest BCUT2D eigenvalue weighted by Crippen LogP contribution is 2.15. The Morgan fingerprint density at radius 2 is 2.17 bits per heavy atom. The maximum Gasteiger partial charge on any atom is 0.224 e. The van der Waals surface area contributed by atoms with Gasteiger partial charge in [0.2, 0.25) is 5.91 Å². The van der Waals surface area contributed by atoms with Crippen LogP contribution in [0.15, 0.2) is 18.5 Å². The molecule has 5 nitrogen and oxygen atoms in total. The number of carbonyl (C=O) groups is 1. The molecule has 1 saturated heterocycles. The molecule has 0 radical (unpaired) electrons. The molecule has 18 heavy (non-hydrogen) atoms. The van der Waals surface area contributed by atoms with Crippen LogP contribution in [0.5, 0.6) is 0 Å². The minimum Gasteiger partial charge on any atom is -0.396 e. The van der Waals surface area contributed by atoms with E-state index in [0.29, 0.717) is 18.7 Å². The fraction of sp³-hybridized carbons (Fsp3) is 0.538. The van der Waals surface area contributed by atoms with Gasteiger partial charge in [-0.2, -0.15) is 0 Å². The molecule has 0 aliphatic carbocycles. The van der Waals surface area contributed by atoms with Crippen molar-refractivity contribution in [2.75, 3.05) is 30.7 Å². The summed E-state index contributed by atoms with van der Waals surface area (Å²) in [6, 6.07) is 1.82. The summed E-state index contributed by atoms with van der Waals surface area (Å²) in [6.07, 6.45) is 7.32. The highest BCUT2D eigenvalue weighted by molar-refractivity contribution is 5.77. The maximum absolute atomic E-state index is 11.9. The quantitative estimate of drug-likeness (QED) is 0.846. The molecule has 1 aromatic rings. The lowest BCUT2D eigenvalue weighted by Gasteiger charge is -2.26. The predicted octanol–water partition coefficient (Wildman–Crippen LogP) is 1.48. The van der Waals surface area contributed by atoms with Crippen LogP contribution < -0.4 is 11.1 Å². The lowest BCUT2D eigenvalue weighted by atomic mass is 10.1. The van der Waals surface area contributed by atoms with Gasteiger partial charge >= 0.3 is 0 Å². The highest BCUT2D eigenvalue weighted by atomic mass is 16.2. The first-order chi connectivity index (χ1) is 8.77. The van der Waals surface area contributed by atoms with E-state index < -0.39 is 0 Å². The number of pyridine rings is 1. The summed E-state index contributed by atoms with van der Waals surface area (Å²) in [4.78, 5) is 17.8. The van der Waals surface area contributed by atoms with E-state index in [1.165, 1.54) is 6.42 Å². The van der Waals surface area contributed by atoms with Gasteiger partial charge in [-0.05, 0) is 25.3 Å².